The molecule has 1 saturated carbocycles. The Morgan fingerprint density at radius 1 is 1.59 bits per heavy atom. The molecular formula is C14H22F2O. The summed E-state index contributed by atoms with van der Waals surface area (Å²) in [5.41, 5.74) is 1.03. The average Bonchev–Trinajstić information content (AvgIpc) is 2.69. The van der Waals surface area contributed by atoms with E-state index in [1.54, 1.807) is 0 Å². The van der Waals surface area contributed by atoms with Crippen LogP contribution in [0.5, 0.6) is 0 Å². The third-order valence-electron chi connectivity index (χ3n) is 3.36. The molecule has 0 saturated heterocycles. The molecule has 0 amide bonds. The van der Waals surface area contributed by atoms with Crippen molar-refractivity contribution < 1.29 is 13.9 Å². The van der Waals surface area contributed by atoms with Gasteiger partial charge in [-0.2, -0.15) is 8.78 Å². The van der Waals surface area contributed by atoms with Crippen molar-refractivity contribution in [1.82, 2.24) is 0 Å². The van der Waals surface area contributed by atoms with E-state index in [2.05, 4.69) is 6.58 Å². The predicted octanol–water partition coefficient (Wildman–Crippen LogP) is 4.09. The van der Waals surface area contributed by atoms with Crippen molar-refractivity contribution in [2.24, 2.45) is 5.92 Å². The zero-order chi connectivity index (χ0) is 12.9. The fourth-order valence-electron chi connectivity index (χ4n) is 2.12. The first-order valence-corrected chi connectivity index (χ1v) is 6.40. The molecule has 2 unspecified atom stereocenters. The van der Waals surface area contributed by atoms with Gasteiger partial charge in [-0.05, 0) is 37.7 Å². The van der Waals surface area contributed by atoms with Crippen molar-refractivity contribution in [2.45, 2.75) is 57.5 Å². The maximum Gasteiger partial charge on any atom is 0.291 e. The molecule has 2 atom stereocenters. The second kappa shape index (κ2) is 6.29. The topological polar surface area (TPSA) is 20.2 Å². The zero-order valence-corrected chi connectivity index (χ0v) is 10.5. The van der Waals surface area contributed by atoms with Gasteiger partial charge in [-0.1, -0.05) is 38.0 Å². The lowest BCUT2D eigenvalue weighted by Gasteiger charge is -2.19. The summed E-state index contributed by atoms with van der Waals surface area (Å²) in [5.74, 6) is -3.04. The van der Waals surface area contributed by atoms with Crippen molar-refractivity contribution in [1.29, 1.82) is 0 Å². The Balaban J connectivity index is 2.52. The standard InChI is InChI=1S/C14H22F2O/c1-3-4-8-13(17)14(15,16)10-9-12-7-5-6-11(12)2/h9-10,12-13,17H,2-8H2,1H3/b10-9+. The van der Waals surface area contributed by atoms with Gasteiger partial charge in [0.25, 0.3) is 5.92 Å². The molecule has 0 spiro atoms. The molecule has 0 aromatic heterocycles. The van der Waals surface area contributed by atoms with Crippen LogP contribution < -0.4 is 0 Å². The normalized spacial score (nSPS) is 23.5. The van der Waals surface area contributed by atoms with E-state index in [0.29, 0.717) is 6.42 Å². The van der Waals surface area contributed by atoms with Gasteiger partial charge in [0.1, 0.15) is 6.10 Å². The quantitative estimate of drug-likeness (QED) is 0.698. The van der Waals surface area contributed by atoms with Gasteiger partial charge in [0.05, 0.1) is 0 Å². The minimum Gasteiger partial charge on any atom is -0.386 e. The maximum absolute atomic E-state index is 13.6. The second-order valence-corrected chi connectivity index (χ2v) is 4.85. The van der Waals surface area contributed by atoms with E-state index in [9.17, 15) is 13.9 Å². The van der Waals surface area contributed by atoms with Gasteiger partial charge in [-0.3, -0.25) is 0 Å². The van der Waals surface area contributed by atoms with Crippen molar-refractivity contribution in [3.63, 3.8) is 0 Å². The molecule has 0 heterocycles. The highest BCUT2D eigenvalue weighted by atomic mass is 19.3. The summed E-state index contributed by atoms with van der Waals surface area (Å²) in [6, 6.07) is 0. The van der Waals surface area contributed by atoms with Crippen LogP contribution in [0.4, 0.5) is 8.78 Å². The number of hydrogen-bond donors (Lipinski definition) is 1. The number of aliphatic hydroxyl groups is 1. The average molecular weight is 244 g/mol. The van der Waals surface area contributed by atoms with Crippen LogP contribution in [0.15, 0.2) is 24.3 Å². The molecule has 17 heavy (non-hydrogen) atoms. The molecule has 1 N–H and O–H groups in total. The molecule has 98 valence electrons. The lowest BCUT2D eigenvalue weighted by atomic mass is 10.0. The zero-order valence-electron chi connectivity index (χ0n) is 10.5. The third-order valence-corrected chi connectivity index (χ3v) is 3.36. The molecule has 1 aliphatic carbocycles. The molecule has 1 rings (SSSR count). The van der Waals surface area contributed by atoms with Gasteiger partial charge in [-0.25, -0.2) is 0 Å². The molecule has 0 aliphatic heterocycles. The van der Waals surface area contributed by atoms with Crippen LogP contribution in [-0.2, 0) is 0 Å². The largest absolute Gasteiger partial charge is 0.386 e. The Hall–Kier alpha value is -0.700. The van der Waals surface area contributed by atoms with Gasteiger partial charge in [0.15, 0.2) is 0 Å². The van der Waals surface area contributed by atoms with Crippen LogP contribution in [0.25, 0.3) is 0 Å². The number of aliphatic hydroxyl groups excluding tert-OH is 1. The first-order valence-electron chi connectivity index (χ1n) is 6.40. The number of unbranched alkanes of at least 4 members (excludes halogenated alkanes) is 1. The van der Waals surface area contributed by atoms with Crippen LogP contribution in [0.1, 0.15) is 45.4 Å². The Bertz CT molecular complexity index is 284. The molecule has 1 aliphatic rings. The number of allylic oxidation sites excluding steroid dienone is 2. The Kier molecular flexibility index (Phi) is 5.31. The Labute approximate surface area is 102 Å². The van der Waals surface area contributed by atoms with E-state index < -0.39 is 12.0 Å². The summed E-state index contributed by atoms with van der Waals surface area (Å²) in [6.45, 7) is 5.79. The molecule has 0 aromatic rings. The lowest BCUT2D eigenvalue weighted by molar-refractivity contribution is -0.0734. The van der Waals surface area contributed by atoms with Gasteiger partial charge in [-0.15, -0.1) is 0 Å². The summed E-state index contributed by atoms with van der Waals surface area (Å²) in [6.07, 6.45) is 5.27. The minimum absolute atomic E-state index is 0.0688. The molecular weight excluding hydrogens is 222 g/mol. The SMILES string of the molecule is C=C1CCCC1/C=C/C(F)(F)C(O)CCCC. The highest BCUT2D eigenvalue weighted by molar-refractivity contribution is 5.15. The molecule has 1 fully saturated rings. The first kappa shape index (κ1) is 14.4. The molecule has 0 aromatic carbocycles. The molecule has 0 bridgehead atoms. The molecule has 1 nitrogen and oxygen atoms in total. The lowest BCUT2D eigenvalue weighted by Crippen LogP contribution is -2.31. The number of hydrogen-bond acceptors (Lipinski definition) is 1. The fourth-order valence-corrected chi connectivity index (χ4v) is 2.12. The van der Waals surface area contributed by atoms with Crippen molar-refractivity contribution >= 4 is 0 Å². The number of alkyl halides is 2. The predicted molar refractivity (Wildman–Crippen MR) is 66.1 cm³/mol. The maximum atomic E-state index is 13.6. The van der Waals surface area contributed by atoms with Crippen LogP contribution in [-0.4, -0.2) is 17.1 Å². The Morgan fingerprint density at radius 2 is 2.29 bits per heavy atom. The fraction of sp³-hybridized carbons (Fsp3) is 0.714. The van der Waals surface area contributed by atoms with E-state index in [0.717, 1.165) is 37.3 Å². The summed E-state index contributed by atoms with van der Waals surface area (Å²) in [4.78, 5) is 0. The van der Waals surface area contributed by atoms with Crippen LogP contribution in [0, 0.1) is 5.92 Å². The van der Waals surface area contributed by atoms with E-state index in [1.165, 1.54) is 6.08 Å². The highest BCUT2D eigenvalue weighted by Crippen LogP contribution is 2.32. The summed E-state index contributed by atoms with van der Waals surface area (Å²) in [7, 11) is 0. The summed E-state index contributed by atoms with van der Waals surface area (Å²) < 4.78 is 27.1. The molecule has 3 heteroatoms. The van der Waals surface area contributed by atoms with E-state index in [-0.39, 0.29) is 12.3 Å². The van der Waals surface area contributed by atoms with Gasteiger partial charge in [0.2, 0.25) is 0 Å². The van der Waals surface area contributed by atoms with Crippen LogP contribution in [0.2, 0.25) is 0 Å². The van der Waals surface area contributed by atoms with E-state index in [4.69, 9.17) is 0 Å². The van der Waals surface area contributed by atoms with Crippen molar-refractivity contribution in [3.05, 3.63) is 24.3 Å². The number of rotatable bonds is 6. The monoisotopic (exact) mass is 244 g/mol. The Morgan fingerprint density at radius 3 is 2.82 bits per heavy atom. The van der Waals surface area contributed by atoms with Crippen molar-refractivity contribution in [2.75, 3.05) is 0 Å². The van der Waals surface area contributed by atoms with E-state index >= 15 is 0 Å². The molecule has 0 radical (unpaired) electrons. The summed E-state index contributed by atoms with van der Waals surface area (Å²) >= 11 is 0. The first-order chi connectivity index (χ1) is 7.97. The van der Waals surface area contributed by atoms with Gasteiger partial charge in [0, 0.05) is 0 Å². The van der Waals surface area contributed by atoms with E-state index in [1.807, 2.05) is 6.92 Å². The van der Waals surface area contributed by atoms with Crippen LogP contribution >= 0.6 is 0 Å². The van der Waals surface area contributed by atoms with Gasteiger partial charge < -0.3 is 5.11 Å². The second-order valence-electron chi connectivity index (χ2n) is 4.85. The highest BCUT2D eigenvalue weighted by Gasteiger charge is 2.35. The number of halogens is 2. The van der Waals surface area contributed by atoms with Crippen LogP contribution in [0.3, 0.4) is 0 Å². The minimum atomic E-state index is -3.11. The van der Waals surface area contributed by atoms with Gasteiger partial charge >= 0.3 is 0 Å². The summed E-state index contributed by atoms with van der Waals surface area (Å²) in [5, 5.41) is 9.42. The van der Waals surface area contributed by atoms with Crippen molar-refractivity contribution in [3.8, 4) is 0 Å². The smallest absolute Gasteiger partial charge is 0.291 e. The third kappa shape index (κ3) is 4.23.